The molecule has 0 aliphatic heterocycles. The summed E-state index contributed by atoms with van der Waals surface area (Å²) in [6.45, 7) is 0. The zero-order valence-corrected chi connectivity index (χ0v) is 10.0. The van der Waals surface area contributed by atoms with Crippen LogP contribution in [-0.4, -0.2) is 0 Å². The maximum atomic E-state index is 8.55. The molecule has 0 N–H and O–H groups in total. The quantitative estimate of drug-likeness (QED) is 0.345. The molecule has 0 saturated carbocycles. The van der Waals surface area contributed by atoms with Gasteiger partial charge in [-0.3, -0.25) is 0 Å². The molecule has 8 heavy (non-hydrogen) atoms. The molecule has 0 unspecified atom stereocenters. The third kappa shape index (κ3) is 132. The summed E-state index contributed by atoms with van der Waals surface area (Å²) in [7, 11) is -5.39. The Morgan fingerprint density at radius 3 is 1.12 bits per heavy atom. The van der Waals surface area contributed by atoms with Crippen molar-refractivity contribution in [2.24, 2.45) is 0 Å². The maximum Gasteiger partial charge on any atom is 4.00 e. The van der Waals surface area contributed by atoms with Gasteiger partial charge in [-0.25, -0.2) is 0 Å². The van der Waals surface area contributed by atoms with Gasteiger partial charge in [-0.05, 0) is 0 Å². The SMILES string of the molecule is O=P([O-])([O-])[O-].[O-2].[Zn+2].[Zr+4]. The zero-order valence-electron chi connectivity index (χ0n) is 3.70. The van der Waals surface area contributed by atoms with Crippen LogP contribution in [-0.2, 0) is 55.7 Å². The number of hydrogen-bond donors (Lipinski definition) is 0. The van der Waals surface area contributed by atoms with Gasteiger partial charge in [0.15, 0.2) is 0 Å². The molecule has 0 saturated heterocycles. The molecule has 0 atom stereocenters. The van der Waals surface area contributed by atoms with Crippen LogP contribution in [0, 0.1) is 0 Å². The van der Waals surface area contributed by atoms with E-state index >= 15 is 0 Å². The van der Waals surface area contributed by atoms with Gasteiger partial charge >= 0.3 is 45.7 Å². The van der Waals surface area contributed by atoms with Gasteiger partial charge in [0.1, 0.15) is 0 Å². The number of hydrogen-bond acceptors (Lipinski definition) is 4. The van der Waals surface area contributed by atoms with Crippen molar-refractivity contribution in [3.63, 3.8) is 0 Å². The molecule has 0 rings (SSSR count). The van der Waals surface area contributed by atoms with Crippen LogP contribution in [0.25, 0.3) is 0 Å². The van der Waals surface area contributed by atoms with E-state index in [1.165, 1.54) is 0 Å². The van der Waals surface area contributed by atoms with Gasteiger partial charge in [0.05, 0.1) is 0 Å². The molecular formula is O5PZnZr+. The third-order valence-electron chi connectivity index (χ3n) is 0. The summed E-state index contributed by atoms with van der Waals surface area (Å²) in [4.78, 5) is 25.6. The first-order valence-electron chi connectivity index (χ1n) is 0.730. The van der Waals surface area contributed by atoms with E-state index in [-0.39, 0.29) is 51.2 Å². The van der Waals surface area contributed by atoms with Crippen LogP contribution in [0.1, 0.15) is 0 Å². The monoisotopic (exact) mass is 265 g/mol. The van der Waals surface area contributed by atoms with Gasteiger partial charge in [-0.15, -0.1) is 0 Å². The third-order valence-corrected chi connectivity index (χ3v) is 0. The smallest absolute Gasteiger partial charge is 2.00 e. The maximum absolute atomic E-state index is 8.55. The van der Waals surface area contributed by atoms with Gasteiger partial charge in [0.25, 0.3) is 0 Å². The Morgan fingerprint density at radius 1 is 1.12 bits per heavy atom. The average molecular weight is 268 g/mol. The van der Waals surface area contributed by atoms with Crippen LogP contribution in [0.2, 0.25) is 0 Å². The summed E-state index contributed by atoms with van der Waals surface area (Å²) < 4.78 is 8.55. The summed E-state index contributed by atoms with van der Waals surface area (Å²) in [6.07, 6.45) is 0. The van der Waals surface area contributed by atoms with Gasteiger partial charge in [0.2, 0.25) is 0 Å². The van der Waals surface area contributed by atoms with Crippen LogP contribution in [0.5, 0.6) is 0 Å². The summed E-state index contributed by atoms with van der Waals surface area (Å²) in [5.74, 6) is 0. The Bertz CT molecular complexity index is 58.6. The standard InChI is InChI=1S/H3O4P.O.Zn.Zr/c1-5(2,3)4;;;/h(H3,1,2,3,4);;;/q;-2;+2;+4/p-3. The van der Waals surface area contributed by atoms with Crippen LogP contribution in [0.15, 0.2) is 0 Å². The Hall–Kier alpha value is 1.58. The second-order valence-corrected chi connectivity index (χ2v) is 1.34. The second-order valence-electron chi connectivity index (χ2n) is 0.447. The number of phosphoric acid groups is 1. The topological polar surface area (TPSA) is 115 Å². The summed E-state index contributed by atoms with van der Waals surface area (Å²) in [6, 6.07) is 0. The fourth-order valence-corrected chi connectivity index (χ4v) is 0. The predicted octanol–water partition coefficient (Wildman–Crippen LogP) is -2.95. The number of rotatable bonds is 0. The first kappa shape index (κ1) is 22.7. The Balaban J connectivity index is -0.0000000267. The average Bonchev–Trinajstić information content (AvgIpc) is 0.722. The summed E-state index contributed by atoms with van der Waals surface area (Å²) in [5.41, 5.74) is 0. The molecule has 0 aliphatic rings. The van der Waals surface area contributed by atoms with E-state index in [0.717, 1.165) is 0 Å². The van der Waals surface area contributed by atoms with Crippen LogP contribution < -0.4 is 14.7 Å². The van der Waals surface area contributed by atoms with Crippen molar-refractivity contribution in [1.29, 1.82) is 0 Å². The summed E-state index contributed by atoms with van der Waals surface area (Å²) in [5, 5.41) is 0. The molecule has 40 valence electrons. The van der Waals surface area contributed by atoms with Crippen molar-refractivity contribution < 1.29 is 70.4 Å². The van der Waals surface area contributed by atoms with Gasteiger partial charge in [0, 0.05) is 0 Å². The molecule has 0 aromatic carbocycles. The van der Waals surface area contributed by atoms with Crippen molar-refractivity contribution in [1.82, 2.24) is 0 Å². The van der Waals surface area contributed by atoms with Gasteiger partial charge in [-0.1, -0.05) is 0 Å². The summed E-state index contributed by atoms with van der Waals surface area (Å²) >= 11 is 0. The Morgan fingerprint density at radius 2 is 1.12 bits per heavy atom. The molecule has 0 bridgehead atoms. The fraction of sp³-hybridized carbons (Fsp3) is 0. The largest absolute Gasteiger partial charge is 4.00 e. The fourth-order valence-electron chi connectivity index (χ4n) is 0. The van der Waals surface area contributed by atoms with Crippen molar-refractivity contribution in [2.75, 3.05) is 0 Å². The van der Waals surface area contributed by atoms with Crippen molar-refractivity contribution in [3.05, 3.63) is 0 Å². The minimum atomic E-state index is -5.39. The van der Waals surface area contributed by atoms with Crippen molar-refractivity contribution >= 4 is 7.82 Å². The Kier molecular flexibility index (Phi) is 24.3. The van der Waals surface area contributed by atoms with E-state index in [0.29, 0.717) is 0 Å². The molecule has 0 amide bonds. The molecule has 8 heteroatoms. The first-order chi connectivity index (χ1) is 2.00. The van der Waals surface area contributed by atoms with E-state index < -0.39 is 7.82 Å². The molecular weight excluding hydrogens is 268 g/mol. The van der Waals surface area contributed by atoms with Crippen LogP contribution in [0.4, 0.5) is 0 Å². The second kappa shape index (κ2) is 8.58. The minimum Gasteiger partial charge on any atom is -2.00 e. The zero-order chi connectivity index (χ0) is 4.50. The molecule has 0 heterocycles. The molecule has 0 spiro atoms. The van der Waals surface area contributed by atoms with E-state index in [1.807, 2.05) is 0 Å². The first-order valence-corrected chi connectivity index (χ1v) is 2.19. The Labute approximate surface area is 77.9 Å². The van der Waals surface area contributed by atoms with Gasteiger partial charge in [-0.2, -0.15) is 7.82 Å². The van der Waals surface area contributed by atoms with Crippen molar-refractivity contribution in [3.8, 4) is 0 Å². The molecule has 0 radical (unpaired) electrons. The molecule has 0 aromatic rings. The molecule has 0 aliphatic carbocycles. The molecule has 0 fully saturated rings. The predicted molar refractivity (Wildman–Crippen MR) is 8.29 cm³/mol. The minimum absolute atomic E-state index is 0. The molecule has 5 nitrogen and oxygen atoms in total. The van der Waals surface area contributed by atoms with E-state index in [1.54, 1.807) is 0 Å². The van der Waals surface area contributed by atoms with E-state index in [2.05, 4.69) is 0 Å². The van der Waals surface area contributed by atoms with E-state index in [9.17, 15) is 0 Å². The van der Waals surface area contributed by atoms with Crippen LogP contribution in [0.3, 0.4) is 0 Å². The van der Waals surface area contributed by atoms with Crippen LogP contribution >= 0.6 is 7.82 Å². The van der Waals surface area contributed by atoms with Gasteiger partial charge < -0.3 is 24.7 Å². The normalized spacial score (nSPS) is 7.38. The van der Waals surface area contributed by atoms with Crippen molar-refractivity contribution in [2.45, 2.75) is 0 Å². The molecule has 0 aromatic heterocycles. The van der Waals surface area contributed by atoms with E-state index in [4.69, 9.17) is 19.2 Å².